The van der Waals surface area contributed by atoms with Crippen LogP contribution in [0.1, 0.15) is 5.56 Å². The number of halogens is 1. The van der Waals surface area contributed by atoms with Crippen molar-refractivity contribution in [1.29, 1.82) is 0 Å². The highest BCUT2D eigenvalue weighted by Gasteiger charge is 2.21. The Kier molecular flexibility index (Phi) is 3.12. The van der Waals surface area contributed by atoms with Crippen LogP contribution in [-0.2, 0) is 7.05 Å². The molecule has 0 saturated heterocycles. The van der Waals surface area contributed by atoms with Crippen molar-refractivity contribution < 1.29 is 9.31 Å². The van der Waals surface area contributed by atoms with E-state index in [1.807, 2.05) is 0 Å². The van der Waals surface area contributed by atoms with Crippen molar-refractivity contribution >= 4 is 5.69 Å². The van der Waals surface area contributed by atoms with Crippen LogP contribution in [0.15, 0.2) is 29.2 Å². The van der Waals surface area contributed by atoms with Crippen LogP contribution in [-0.4, -0.2) is 14.7 Å². The highest BCUT2D eigenvalue weighted by atomic mass is 19.1. The summed E-state index contributed by atoms with van der Waals surface area (Å²) in [6.45, 7) is 3.60. The highest BCUT2D eigenvalue weighted by Crippen LogP contribution is 2.28. The van der Waals surface area contributed by atoms with Gasteiger partial charge in [-0.3, -0.25) is 14.9 Å². The van der Waals surface area contributed by atoms with E-state index in [0.717, 1.165) is 10.7 Å². The van der Waals surface area contributed by atoms with Gasteiger partial charge in [-0.2, -0.15) is 9.49 Å². The first kappa shape index (κ1) is 12.9. The minimum Gasteiger partial charge on any atom is -0.267 e. The molecule has 0 aliphatic carbocycles. The Labute approximate surface area is 107 Å². The summed E-state index contributed by atoms with van der Waals surface area (Å²) < 4.78 is 15.1. The number of nitro benzene ring substituents is 1. The minimum absolute atomic E-state index is 0.0290. The van der Waals surface area contributed by atoms with Gasteiger partial charge in [-0.05, 0) is 12.5 Å². The van der Waals surface area contributed by atoms with Crippen molar-refractivity contribution in [2.24, 2.45) is 7.05 Å². The van der Waals surface area contributed by atoms with E-state index in [2.05, 4.69) is 12.0 Å². The molecule has 0 bridgehead atoms. The van der Waals surface area contributed by atoms with Gasteiger partial charge in [-0.25, -0.2) is 4.68 Å². The normalized spacial score (nSPS) is 10.5. The van der Waals surface area contributed by atoms with Gasteiger partial charge in [0.05, 0.1) is 16.7 Å². The molecule has 0 aliphatic heterocycles. The summed E-state index contributed by atoms with van der Waals surface area (Å²) in [6.07, 6.45) is 1.30. The van der Waals surface area contributed by atoms with Crippen LogP contribution < -0.4 is 5.56 Å². The monoisotopic (exact) mass is 262 g/mol. The van der Waals surface area contributed by atoms with Crippen LogP contribution in [0.4, 0.5) is 10.1 Å². The van der Waals surface area contributed by atoms with E-state index < -0.39 is 22.0 Å². The summed E-state index contributed by atoms with van der Waals surface area (Å²) in [6, 6.07) is 3.65. The summed E-state index contributed by atoms with van der Waals surface area (Å²) in [5.41, 5.74) is -1.22. The van der Waals surface area contributed by atoms with Crippen LogP contribution in [0.25, 0.3) is 11.1 Å². The summed E-state index contributed by atoms with van der Waals surface area (Å²) in [4.78, 5) is 21.8. The van der Waals surface area contributed by atoms with Gasteiger partial charge in [0, 0.05) is 18.7 Å². The van der Waals surface area contributed by atoms with Crippen LogP contribution in [0.2, 0.25) is 0 Å². The van der Waals surface area contributed by atoms with Crippen LogP contribution >= 0.6 is 0 Å². The van der Waals surface area contributed by atoms with Crippen molar-refractivity contribution in [3.8, 4) is 11.1 Å². The van der Waals surface area contributed by atoms with Crippen molar-refractivity contribution in [3.63, 3.8) is 0 Å². The van der Waals surface area contributed by atoms with Crippen molar-refractivity contribution in [3.05, 3.63) is 63.2 Å². The lowest BCUT2D eigenvalue weighted by atomic mass is 10.0. The van der Waals surface area contributed by atoms with E-state index in [1.54, 1.807) is 0 Å². The molecule has 1 heterocycles. The fraction of sp³-hybridized carbons (Fsp3) is 0.0833. The van der Waals surface area contributed by atoms with Gasteiger partial charge in [-0.15, -0.1) is 0 Å². The van der Waals surface area contributed by atoms with E-state index in [0.29, 0.717) is 0 Å². The minimum atomic E-state index is -1.05. The predicted molar refractivity (Wildman–Crippen MR) is 66.0 cm³/mol. The molecule has 97 valence electrons. The first-order chi connectivity index (χ1) is 8.93. The molecule has 1 aromatic carbocycles. The first-order valence-electron chi connectivity index (χ1n) is 5.25. The second kappa shape index (κ2) is 4.60. The standard InChI is InChI=1S/C12H9FN3O3/c1-7-6-14-15(2)12(17)10(7)8-4-3-5-9(11(8)13)16(18)19/h3-6H,1H2,2H3. The molecule has 2 aromatic rings. The Morgan fingerprint density at radius 1 is 1.47 bits per heavy atom. The Morgan fingerprint density at radius 3 is 2.79 bits per heavy atom. The molecule has 0 unspecified atom stereocenters. The predicted octanol–water partition coefficient (Wildman–Crippen LogP) is 1.68. The zero-order chi connectivity index (χ0) is 14.2. The fourth-order valence-corrected chi connectivity index (χ4v) is 1.71. The maximum atomic E-state index is 14.1. The van der Waals surface area contributed by atoms with E-state index in [4.69, 9.17) is 0 Å². The highest BCUT2D eigenvalue weighted by molar-refractivity contribution is 5.69. The van der Waals surface area contributed by atoms with Crippen LogP contribution in [0.5, 0.6) is 0 Å². The summed E-state index contributed by atoms with van der Waals surface area (Å²) >= 11 is 0. The van der Waals surface area contributed by atoms with E-state index in [1.165, 1.54) is 25.4 Å². The number of nitrogens with zero attached hydrogens (tertiary/aromatic N) is 3. The molecule has 2 rings (SSSR count). The molecular weight excluding hydrogens is 253 g/mol. The number of nitro groups is 1. The molecule has 0 N–H and O–H groups in total. The summed E-state index contributed by atoms with van der Waals surface area (Å²) in [7, 11) is 1.40. The maximum absolute atomic E-state index is 14.1. The van der Waals surface area contributed by atoms with Gasteiger partial charge in [0.2, 0.25) is 5.82 Å². The zero-order valence-corrected chi connectivity index (χ0v) is 9.96. The molecule has 6 nitrogen and oxygen atoms in total. The van der Waals surface area contributed by atoms with Gasteiger partial charge in [0.15, 0.2) is 0 Å². The number of aryl methyl sites for hydroxylation is 1. The number of aromatic nitrogens is 2. The smallest absolute Gasteiger partial charge is 0.267 e. The molecule has 0 spiro atoms. The molecule has 0 fully saturated rings. The Balaban J connectivity index is 2.81. The number of hydrogen-bond acceptors (Lipinski definition) is 4. The lowest BCUT2D eigenvalue weighted by Gasteiger charge is -2.07. The lowest BCUT2D eigenvalue weighted by molar-refractivity contribution is -0.387. The largest absolute Gasteiger partial charge is 0.305 e. The molecule has 0 saturated carbocycles. The van der Waals surface area contributed by atoms with Gasteiger partial charge in [0.1, 0.15) is 0 Å². The average Bonchev–Trinajstić information content (AvgIpc) is 2.36. The topological polar surface area (TPSA) is 78.0 Å². The maximum Gasteiger partial charge on any atom is 0.305 e. The third-order valence-corrected chi connectivity index (χ3v) is 2.66. The van der Waals surface area contributed by atoms with Gasteiger partial charge in [0.25, 0.3) is 5.56 Å². The van der Waals surface area contributed by atoms with Crippen LogP contribution in [0.3, 0.4) is 0 Å². The second-order valence-corrected chi connectivity index (χ2v) is 3.87. The van der Waals surface area contributed by atoms with Gasteiger partial charge >= 0.3 is 5.69 Å². The van der Waals surface area contributed by atoms with Crippen molar-refractivity contribution in [2.75, 3.05) is 0 Å². The Hall–Kier alpha value is -2.57. The average molecular weight is 262 g/mol. The molecular formula is C12H9FN3O3. The third-order valence-electron chi connectivity index (χ3n) is 2.66. The summed E-state index contributed by atoms with van der Waals surface area (Å²) in [5, 5.41) is 14.4. The molecule has 0 amide bonds. The number of benzene rings is 1. The molecule has 7 heteroatoms. The lowest BCUT2D eigenvalue weighted by Crippen LogP contribution is -2.22. The van der Waals surface area contributed by atoms with Gasteiger partial charge < -0.3 is 0 Å². The Morgan fingerprint density at radius 2 is 2.16 bits per heavy atom. The molecule has 19 heavy (non-hydrogen) atoms. The SMILES string of the molecule is [CH2]c1cnn(C)c(=O)c1-c1cccc([N+](=O)[O-])c1F. The molecule has 0 aliphatic rings. The Bertz CT molecular complexity index is 725. The quantitative estimate of drug-likeness (QED) is 0.609. The second-order valence-electron chi connectivity index (χ2n) is 3.87. The molecule has 0 atom stereocenters. The zero-order valence-electron chi connectivity index (χ0n) is 9.96. The molecule has 1 radical (unpaired) electrons. The third kappa shape index (κ3) is 2.10. The van der Waals surface area contributed by atoms with E-state index in [9.17, 15) is 19.3 Å². The van der Waals surface area contributed by atoms with Gasteiger partial charge in [-0.1, -0.05) is 12.1 Å². The fourth-order valence-electron chi connectivity index (χ4n) is 1.71. The van der Waals surface area contributed by atoms with E-state index >= 15 is 0 Å². The van der Waals surface area contributed by atoms with Crippen LogP contribution in [0, 0.1) is 22.9 Å². The first-order valence-corrected chi connectivity index (χ1v) is 5.25. The molecule has 1 aromatic heterocycles. The number of rotatable bonds is 2. The van der Waals surface area contributed by atoms with E-state index in [-0.39, 0.29) is 16.7 Å². The van der Waals surface area contributed by atoms with Crippen molar-refractivity contribution in [1.82, 2.24) is 9.78 Å². The van der Waals surface area contributed by atoms with Crippen molar-refractivity contribution in [2.45, 2.75) is 0 Å². The summed E-state index contributed by atoms with van der Waals surface area (Å²) in [5.74, 6) is -1.05. The number of hydrogen-bond donors (Lipinski definition) is 0.